The number of hydrogen-bond donors (Lipinski definition) is 2. The fraction of sp³-hybridized carbons (Fsp3) is 0.250. The van der Waals surface area contributed by atoms with Crippen molar-refractivity contribution < 1.29 is 10.0 Å². The molecule has 10 nitrogen and oxygen atoms in total. The van der Waals surface area contributed by atoms with Crippen LogP contribution in [-0.4, -0.2) is 38.6 Å². The van der Waals surface area contributed by atoms with Crippen LogP contribution in [0.25, 0.3) is 5.65 Å². The number of nitrogens with one attached hydrogen (secondary N) is 1. The fourth-order valence-electron chi connectivity index (χ4n) is 3.55. The Bertz CT molecular complexity index is 1220. The molecular weight excluding hydrogens is 388 g/mol. The standard InChI is InChI=1S/C20H18N6O4/c21-12-13-11-14(4-5-16(13)24-9-6-15(27)7-10-24)22-19-18(26(29)30)20(28)25-8-2-1-3-17(25)23-19/h1-5,8,11,15,22,27H,6-7,9-10H2. The highest BCUT2D eigenvalue weighted by atomic mass is 16.6. The van der Waals surface area contributed by atoms with Crippen molar-refractivity contribution in [3.63, 3.8) is 0 Å². The van der Waals surface area contributed by atoms with E-state index in [1.54, 1.807) is 36.4 Å². The number of aliphatic hydroxyl groups is 1. The number of benzene rings is 1. The van der Waals surface area contributed by atoms with Crippen molar-refractivity contribution in [2.45, 2.75) is 18.9 Å². The van der Waals surface area contributed by atoms with E-state index in [2.05, 4.69) is 16.4 Å². The van der Waals surface area contributed by atoms with E-state index in [4.69, 9.17) is 0 Å². The lowest BCUT2D eigenvalue weighted by molar-refractivity contribution is -0.385. The summed E-state index contributed by atoms with van der Waals surface area (Å²) in [5.74, 6) is -0.186. The van der Waals surface area contributed by atoms with Crippen LogP contribution in [0.3, 0.4) is 0 Å². The number of nitrogens with zero attached hydrogens (tertiary/aromatic N) is 5. The maximum atomic E-state index is 12.6. The van der Waals surface area contributed by atoms with Crippen LogP contribution in [0, 0.1) is 21.4 Å². The average Bonchev–Trinajstić information content (AvgIpc) is 2.74. The third kappa shape index (κ3) is 3.54. The first kappa shape index (κ1) is 19.4. The maximum absolute atomic E-state index is 12.6. The maximum Gasteiger partial charge on any atom is 0.376 e. The van der Waals surface area contributed by atoms with Crippen molar-refractivity contribution in [3.8, 4) is 6.07 Å². The largest absolute Gasteiger partial charge is 0.393 e. The summed E-state index contributed by atoms with van der Waals surface area (Å²) in [5, 5.41) is 33.6. The fourth-order valence-corrected chi connectivity index (χ4v) is 3.55. The summed E-state index contributed by atoms with van der Waals surface area (Å²) in [6.07, 6.45) is 2.34. The number of nitriles is 1. The third-order valence-electron chi connectivity index (χ3n) is 5.08. The minimum Gasteiger partial charge on any atom is -0.393 e. The van der Waals surface area contributed by atoms with Gasteiger partial charge in [-0.15, -0.1) is 0 Å². The van der Waals surface area contributed by atoms with Gasteiger partial charge in [0, 0.05) is 25.0 Å². The van der Waals surface area contributed by atoms with Gasteiger partial charge in [0.05, 0.1) is 22.3 Å². The van der Waals surface area contributed by atoms with Gasteiger partial charge in [-0.3, -0.25) is 19.3 Å². The predicted octanol–water partition coefficient (Wildman–Crippen LogP) is 2.18. The van der Waals surface area contributed by atoms with E-state index in [1.165, 1.54) is 6.20 Å². The zero-order valence-electron chi connectivity index (χ0n) is 15.9. The number of hydrogen-bond acceptors (Lipinski definition) is 8. The molecule has 0 saturated carbocycles. The lowest BCUT2D eigenvalue weighted by Crippen LogP contribution is -2.36. The molecule has 1 aliphatic heterocycles. The monoisotopic (exact) mass is 406 g/mol. The van der Waals surface area contributed by atoms with Crippen LogP contribution in [0.5, 0.6) is 0 Å². The summed E-state index contributed by atoms with van der Waals surface area (Å²) >= 11 is 0. The highest BCUT2D eigenvalue weighted by molar-refractivity contribution is 5.72. The summed E-state index contributed by atoms with van der Waals surface area (Å²) in [5.41, 5.74) is 0.318. The minimum atomic E-state index is -0.794. The van der Waals surface area contributed by atoms with Gasteiger partial charge in [-0.1, -0.05) is 6.07 Å². The molecule has 0 radical (unpaired) electrons. The molecule has 1 fully saturated rings. The Labute approximate surface area is 170 Å². The molecule has 0 spiro atoms. The molecule has 0 unspecified atom stereocenters. The van der Waals surface area contributed by atoms with Crippen molar-refractivity contribution >= 4 is 28.5 Å². The van der Waals surface area contributed by atoms with Crippen LogP contribution >= 0.6 is 0 Å². The first-order valence-corrected chi connectivity index (χ1v) is 9.38. The molecular formula is C20H18N6O4. The third-order valence-corrected chi connectivity index (χ3v) is 5.08. The highest BCUT2D eigenvalue weighted by Crippen LogP contribution is 2.29. The number of rotatable bonds is 4. The van der Waals surface area contributed by atoms with E-state index in [-0.39, 0.29) is 17.6 Å². The van der Waals surface area contributed by atoms with Crippen molar-refractivity contribution in [2.24, 2.45) is 0 Å². The molecule has 3 aromatic rings. The van der Waals surface area contributed by atoms with Crippen LogP contribution in [0.1, 0.15) is 18.4 Å². The van der Waals surface area contributed by atoms with Crippen molar-refractivity contribution in [1.82, 2.24) is 9.38 Å². The molecule has 0 amide bonds. The van der Waals surface area contributed by atoms with Gasteiger partial charge in [-0.05, 0) is 43.2 Å². The van der Waals surface area contributed by atoms with Gasteiger partial charge >= 0.3 is 11.2 Å². The Balaban J connectivity index is 1.72. The molecule has 10 heteroatoms. The van der Waals surface area contributed by atoms with Crippen molar-refractivity contribution in [1.29, 1.82) is 5.26 Å². The molecule has 1 aromatic carbocycles. The predicted molar refractivity (Wildman–Crippen MR) is 110 cm³/mol. The van der Waals surface area contributed by atoms with E-state index in [9.17, 15) is 25.3 Å². The molecule has 0 aliphatic carbocycles. The molecule has 3 heterocycles. The normalized spacial score (nSPS) is 14.5. The number of piperidine rings is 1. The quantitative estimate of drug-likeness (QED) is 0.497. The number of anilines is 3. The Morgan fingerprint density at radius 2 is 2.03 bits per heavy atom. The van der Waals surface area contributed by atoms with Crippen molar-refractivity contribution in [3.05, 3.63) is 68.6 Å². The number of aromatic nitrogens is 2. The Hall–Kier alpha value is -3.97. The molecule has 1 saturated heterocycles. The molecule has 30 heavy (non-hydrogen) atoms. The van der Waals surface area contributed by atoms with Gasteiger partial charge in [-0.25, -0.2) is 4.98 Å². The van der Waals surface area contributed by atoms with Crippen LogP contribution in [0.2, 0.25) is 0 Å². The summed E-state index contributed by atoms with van der Waals surface area (Å²) < 4.78 is 1.11. The van der Waals surface area contributed by atoms with Gasteiger partial charge in [-0.2, -0.15) is 5.26 Å². The minimum absolute atomic E-state index is 0.186. The summed E-state index contributed by atoms with van der Waals surface area (Å²) in [4.78, 5) is 29.5. The lowest BCUT2D eigenvalue weighted by Gasteiger charge is -2.32. The van der Waals surface area contributed by atoms with E-state index < -0.39 is 16.2 Å². The Kier molecular flexibility index (Phi) is 5.04. The molecule has 2 aromatic heterocycles. The molecule has 0 bridgehead atoms. The number of pyridine rings is 1. The molecule has 152 valence electrons. The second kappa shape index (κ2) is 7.81. The number of nitro groups is 1. The summed E-state index contributed by atoms with van der Waals surface area (Å²) in [7, 11) is 0. The smallest absolute Gasteiger partial charge is 0.376 e. The topological polar surface area (TPSA) is 137 Å². The van der Waals surface area contributed by atoms with Crippen molar-refractivity contribution in [2.75, 3.05) is 23.3 Å². The van der Waals surface area contributed by atoms with Gasteiger partial charge in [0.25, 0.3) is 0 Å². The first-order chi connectivity index (χ1) is 14.5. The Morgan fingerprint density at radius 3 is 2.73 bits per heavy atom. The SMILES string of the molecule is N#Cc1cc(Nc2nc3ccccn3c(=O)c2[N+](=O)[O-])ccc1N1CCC(O)CC1. The zero-order chi connectivity index (χ0) is 21.3. The van der Waals surface area contributed by atoms with Gasteiger partial charge in [0.1, 0.15) is 11.7 Å². The van der Waals surface area contributed by atoms with E-state index in [1.807, 2.05) is 4.90 Å². The van der Waals surface area contributed by atoms with E-state index in [0.717, 1.165) is 10.1 Å². The van der Waals surface area contributed by atoms with Gasteiger partial charge in [0.15, 0.2) is 0 Å². The second-order valence-electron chi connectivity index (χ2n) is 6.99. The first-order valence-electron chi connectivity index (χ1n) is 9.38. The van der Waals surface area contributed by atoms with E-state index in [0.29, 0.717) is 37.2 Å². The van der Waals surface area contributed by atoms with Gasteiger partial charge in [0.2, 0.25) is 5.82 Å². The average molecular weight is 406 g/mol. The van der Waals surface area contributed by atoms with E-state index >= 15 is 0 Å². The van der Waals surface area contributed by atoms with Gasteiger partial charge < -0.3 is 15.3 Å². The lowest BCUT2D eigenvalue weighted by atomic mass is 10.0. The Morgan fingerprint density at radius 1 is 1.27 bits per heavy atom. The molecule has 4 rings (SSSR count). The second-order valence-corrected chi connectivity index (χ2v) is 6.99. The molecule has 0 atom stereocenters. The van der Waals surface area contributed by atoms with Crippen LogP contribution in [0.15, 0.2) is 47.4 Å². The van der Waals surface area contributed by atoms with Crippen LogP contribution in [-0.2, 0) is 0 Å². The number of aliphatic hydroxyl groups excluding tert-OH is 1. The zero-order valence-corrected chi connectivity index (χ0v) is 15.9. The highest BCUT2D eigenvalue weighted by Gasteiger charge is 2.24. The molecule has 2 N–H and O–H groups in total. The summed E-state index contributed by atoms with van der Waals surface area (Å²) in [6.45, 7) is 1.27. The number of fused-ring (bicyclic) bond motifs is 1. The summed E-state index contributed by atoms with van der Waals surface area (Å²) in [6, 6.07) is 12.0. The van der Waals surface area contributed by atoms with Crippen LogP contribution in [0.4, 0.5) is 22.9 Å². The van der Waals surface area contributed by atoms with Crippen LogP contribution < -0.4 is 15.8 Å². The molecule has 1 aliphatic rings.